The molecule has 0 aliphatic heterocycles. The van der Waals surface area contributed by atoms with Gasteiger partial charge in [0, 0.05) is 4.78 Å². The Morgan fingerprint density at radius 1 is 1.00 bits per heavy atom. The van der Waals surface area contributed by atoms with Crippen molar-refractivity contribution in [1.82, 2.24) is 4.91 Å². The quantitative estimate of drug-likeness (QED) is 0.206. The van der Waals surface area contributed by atoms with Crippen molar-refractivity contribution < 1.29 is 0 Å². The molecule has 0 aromatic rings. The molecule has 0 aromatic carbocycles. The van der Waals surface area contributed by atoms with E-state index in [-0.39, 0.29) is 29.6 Å². The number of unbranched alkanes of at least 4 members (excludes halogenated alkanes) is 3. The van der Waals surface area contributed by atoms with Crippen molar-refractivity contribution in [2.45, 2.75) is 37.8 Å². The second-order valence-electron chi connectivity index (χ2n) is 3.04. The first kappa shape index (κ1) is 17.4. The first-order valence-electron chi connectivity index (χ1n) is 4.96. The molecule has 0 amide bonds. The van der Waals surface area contributed by atoms with Gasteiger partial charge in [0.2, 0.25) is 4.91 Å². The number of azide groups is 1. The van der Waals surface area contributed by atoms with E-state index in [0.717, 1.165) is 12.1 Å². The molecule has 9 heteroatoms. The van der Waals surface area contributed by atoms with E-state index in [1.54, 1.807) is 0 Å². The third-order valence-corrected chi connectivity index (χ3v) is 4.20. The van der Waals surface area contributed by atoms with Gasteiger partial charge in [0.1, 0.15) is 15.2 Å². The van der Waals surface area contributed by atoms with E-state index in [9.17, 15) is 0 Å². The van der Waals surface area contributed by atoms with Crippen LogP contribution in [0.5, 0.6) is 0 Å². The molecule has 0 fully saturated rings. The van der Waals surface area contributed by atoms with Gasteiger partial charge in [0.25, 0.3) is 9.68 Å². The Bertz CT molecular complexity index is 202. The van der Waals surface area contributed by atoms with Crippen molar-refractivity contribution in [3.8, 4) is 0 Å². The van der Waals surface area contributed by atoms with E-state index in [4.69, 9.17) is 11.1 Å². The molecule has 0 radical (unpaired) electrons. The van der Waals surface area contributed by atoms with Gasteiger partial charge in [-0.25, -0.2) is 0 Å². The van der Waals surface area contributed by atoms with Gasteiger partial charge in [0.15, 0.2) is 0 Å². The molecule has 0 saturated carbocycles. The van der Waals surface area contributed by atoms with Crippen molar-refractivity contribution in [2.24, 2.45) is 9.56 Å². The van der Waals surface area contributed by atoms with Crippen molar-refractivity contribution in [1.29, 1.82) is 5.53 Å². The fraction of sp³-hybridized carbons (Fsp3) is 1.00. The number of hydrogen-bond donors (Lipinski definition) is 1. The zero-order valence-corrected chi connectivity index (χ0v) is 11.2. The van der Waals surface area contributed by atoms with Crippen LogP contribution in [0.2, 0.25) is 12.1 Å². The summed E-state index contributed by atoms with van der Waals surface area (Å²) < 4.78 is 7.32. The normalized spacial score (nSPS) is 9.87. The van der Waals surface area contributed by atoms with Gasteiger partial charge in [-0.15, -0.1) is 4.78 Å². The van der Waals surface area contributed by atoms with Gasteiger partial charge in [-0.05, 0) is 16.5 Å². The predicted molar refractivity (Wildman–Crippen MR) is 68.7 cm³/mol. The van der Waals surface area contributed by atoms with E-state index in [0.29, 0.717) is 0 Å². The SMILES string of the molecule is [N-]=[N+]=N[SiH2]CCCCCC[SiH2]N=[N+]=N.[NaH]. The Morgan fingerprint density at radius 3 is 2.00 bits per heavy atom. The fourth-order valence-electron chi connectivity index (χ4n) is 1.17. The van der Waals surface area contributed by atoms with Crippen molar-refractivity contribution in [2.75, 3.05) is 0 Å². The number of nitrogens with zero attached hydrogens (tertiary/aromatic N) is 5. The summed E-state index contributed by atoms with van der Waals surface area (Å²) in [4.78, 5) is 5.75. The minimum absolute atomic E-state index is 0. The predicted octanol–water partition coefficient (Wildman–Crippen LogP) is 0.763. The van der Waals surface area contributed by atoms with Crippen LogP contribution in [0.15, 0.2) is 9.56 Å². The summed E-state index contributed by atoms with van der Waals surface area (Å²) in [6.45, 7) is 0. The van der Waals surface area contributed by atoms with Gasteiger partial charge < -0.3 is 0 Å². The summed E-state index contributed by atoms with van der Waals surface area (Å²) in [5, 5.41) is 0. The molecule has 0 heterocycles. The monoisotopic (exact) mass is 253 g/mol. The molecule has 0 aliphatic rings. The Morgan fingerprint density at radius 2 is 1.53 bits per heavy atom. The van der Waals surface area contributed by atoms with Crippen LogP contribution in [-0.2, 0) is 0 Å². The molecule has 1 N–H and O–H groups in total. The molecular weight excluding hydrogens is 235 g/mol. The van der Waals surface area contributed by atoms with Crippen LogP contribution >= 0.6 is 0 Å². The Kier molecular flexibility index (Phi) is 19.2. The van der Waals surface area contributed by atoms with Crippen LogP contribution in [0.1, 0.15) is 25.7 Å². The van der Waals surface area contributed by atoms with E-state index < -0.39 is 19.4 Å². The maximum atomic E-state index is 8.05. The molecule has 0 atom stereocenters. The van der Waals surface area contributed by atoms with Gasteiger partial charge in [-0.2, -0.15) is 0 Å². The molecule has 0 aliphatic carbocycles. The van der Waals surface area contributed by atoms with Crippen LogP contribution in [0.3, 0.4) is 0 Å². The van der Waals surface area contributed by atoms with Crippen molar-refractivity contribution in [3.05, 3.63) is 10.4 Å². The molecular formula is C6H18N6NaSi2+. The number of nitrogens with one attached hydrogen (secondary N) is 1. The minimum atomic E-state index is -0.478. The summed E-state index contributed by atoms with van der Waals surface area (Å²) in [7, 11) is -0.901. The summed E-state index contributed by atoms with van der Waals surface area (Å²) in [5.74, 6) is 0. The van der Waals surface area contributed by atoms with Crippen LogP contribution in [0.4, 0.5) is 0 Å². The maximum absolute atomic E-state index is 8.05. The molecule has 0 rings (SSSR count). The van der Waals surface area contributed by atoms with Gasteiger partial charge in [0.05, 0.1) is 0 Å². The van der Waals surface area contributed by atoms with E-state index in [1.807, 2.05) is 0 Å². The molecule has 0 saturated heterocycles. The third kappa shape index (κ3) is 16.7. The van der Waals surface area contributed by atoms with Gasteiger partial charge in [-0.3, -0.25) is 0 Å². The van der Waals surface area contributed by atoms with Crippen LogP contribution < -0.4 is 4.91 Å². The standard InChI is InChI=1S/C6H17N6Si2.Na.H/c7-9-11-13-5-3-1-2-4-6-14-12-10-8;;/h7H,1-6,13-14H2;;/q+1;;. The average Bonchev–Trinajstić information content (AvgIpc) is 2.21. The Balaban J connectivity index is 0. The zero-order valence-electron chi connectivity index (χ0n) is 8.39. The summed E-state index contributed by atoms with van der Waals surface area (Å²) >= 11 is 0. The summed E-state index contributed by atoms with van der Waals surface area (Å²) in [6.07, 6.45) is 4.90. The van der Waals surface area contributed by atoms with E-state index >= 15 is 0 Å². The van der Waals surface area contributed by atoms with E-state index in [1.165, 1.54) is 25.7 Å². The van der Waals surface area contributed by atoms with Crippen LogP contribution in [0, 0.1) is 5.53 Å². The third-order valence-electron chi connectivity index (χ3n) is 1.90. The second kappa shape index (κ2) is 16.5. The number of rotatable bonds is 9. The topological polar surface area (TPSA) is 99.1 Å². The second-order valence-corrected chi connectivity index (χ2v) is 5.92. The Hall–Kier alpha value is 0.0538. The van der Waals surface area contributed by atoms with Crippen molar-refractivity contribution in [3.63, 3.8) is 0 Å². The van der Waals surface area contributed by atoms with Gasteiger partial charge >= 0.3 is 29.6 Å². The zero-order chi connectivity index (χ0) is 10.5. The summed E-state index contributed by atoms with van der Waals surface area (Å²) in [6, 6.07) is 2.30. The molecule has 6 nitrogen and oxygen atoms in total. The molecule has 0 aromatic heterocycles. The van der Waals surface area contributed by atoms with Crippen LogP contribution in [0.25, 0.3) is 10.4 Å². The Labute approximate surface area is 117 Å². The molecule has 15 heavy (non-hydrogen) atoms. The first-order chi connectivity index (χ1) is 6.91. The molecule has 80 valence electrons. The van der Waals surface area contributed by atoms with Crippen molar-refractivity contribution >= 4 is 48.9 Å². The van der Waals surface area contributed by atoms with E-state index in [2.05, 4.69) is 19.4 Å². The average molecular weight is 253 g/mol. The van der Waals surface area contributed by atoms with Gasteiger partial charge in [-0.1, -0.05) is 31.7 Å². The molecule has 0 spiro atoms. The molecule has 0 unspecified atom stereocenters. The summed E-state index contributed by atoms with van der Waals surface area (Å²) in [5.41, 5.74) is 14.5. The molecule has 0 bridgehead atoms. The fourth-order valence-corrected chi connectivity index (χ4v) is 2.79. The van der Waals surface area contributed by atoms with Crippen LogP contribution in [-0.4, -0.2) is 48.9 Å². The number of hydrogen-bond acceptors (Lipinski definition) is 3. The first-order valence-corrected chi connectivity index (χ1v) is 8.22.